The number of carboxylic acids is 1. The molecule has 2 rings (SSSR count). The van der Waals surface area contributed by atoms with Crippen LogP contribution in [0.25, 0.3) is 11.1 Å². The van der Waals surface area contributed by atoms with Gasteiger partial charge in [-0.1, -0.05) is 5.16 Å². The first-order valence-corrected chi connectivity index (χ1v) is 3.64. The second kappa shape index (κ2) is 2.55. The van der Waals surface area contributed by atoms with E-state index in [1.165, 1.54) is 6.20 Å². The molecule has 5 heteroatoms. The molecule has 0 radical (unpaired) electrons. The first kappa shape index (κ1) is 7.72. The van der Waals surface area contributed by atoms with Gasteiger partial charge >= 0.3 is 5.97 Å². The van der Waals surface area contributed by atoms with Crippen molar-refractivity contribution in [1.29, 1.82) is 0 Å². The van der Waals surface area contributed by atoms with Crippen molar-refractivity contribution in [3.05, 3.63) is 23.5 Å². The Labute approximate surface area is 73.0 Å². The van der Waals surface area contributed by atoms with E-state index in [1.54, 1.807) is 13.0 Å². The zero-order valence-corrected chi connectivity index (χ0v) is 6.81. The van der Waals surface area contributed by atoms with Crippen LogP contribution < -0.4 is 0 Å². The normalized spacial score (nSPS) is 10.5. The minimum absolute atomic E-state index is 0.00394. The van der Waals surface area contributed by atoms with Gasteiger partial charge in [0.25, 0.3) is 5.71 Å². The predicted octanol–water partition coefficient (Wildman–Crippen LogP) is 1.23. The van der Waals surface area contributed by atoms with Crippen molar-refractivity contribution in [1.82, 2.24) is 10.1 Å². The summed E-state index contributed by atoms with van der Waals surface area (Å²) in [4.78, 5) is 14.5. The molecule has 2 aromatic rings. The molecule has 0 fully saturated rings. The van der Waals surface area contributed by atoms with E-state index in [0.717, 1.165) is 0 Å². The molecule has 0 unspecified atom stereocenters. The van der Waals surface area contributed by atoms with Gasteiger partial charge in [0.05, 0.1) is 11.6 Å². The van der Waals surface area contributed by atoms with Crippen molar-refractivity contribution < 1.29 is 14.4 Å². The van der Waals surface area contributed by atoms with Crippen LogP contribution in [0, 0.1) is 6.92 Å². The van der Waals surface area contributed by atoms with Gasteiger partial charge in [-0.05, 0) is 18.6 Å². The van der Waals surface area contributed by atoms with Gasteiger partial charge in [0.2, 0.25) is 0 Å². The average Bonchev–Trinajstić information content (AvgIpc) is 2.48. The molecule has 0 aliphatic rings. The van der Waals surface area contributed by atoms with E-state index in [2.05, 4.69) is 10.1 Å². The molecule has 0 aliphatic carbocycles. The number of nitrogens with zero attached hydrogens (tertiary/aromatic N) is 2. The molecule has 0 aromatic carbocycles. The van der Waals surface area contributed by atoms with Crippen LogP contribution in [0.2, 0.25) is 0 Å². The van der Waals surface area contributed by atoms with Gasteiger partial charge in [0.1, 0.15) is 0 Å². The van der Waals surface area contributed by atoms with Crippen molar-refractivity contribution in [3.63, 3.8) is 0 Å². The highest BCUT2D eigenvalue weighted by atomic mass is 16.5. The Hall–Kier alpha value is -1.91. The number of fused-ring (bicyclic) bond motifs is 1. The van der Waals surface area contributed by atoms with Crippen molar-refractivity contribution in [3.8, 4) is 0 Å². The standard InChI is InChI=1S/C8H6N2O3/c1-4-2-5-3-9-13-7(5)10-6(4)8(11)12/h2-3H,1H3,(H,11,12). The molecule has 66 valence electrons. The van der Waals surface area contributed by atoms with Gasteiger partial charge in [-0.3, -0.25) is 0 Å². The third-order valence-corrected chi connectivity index (χ3v) is 1.74. The first-order chi connectivity index (χ1) is 6.18. The van der Waals surface area contributed by atoms with Crippen molar-refractivity contribution >= 4 is 17.1 Å². The number of aromatic carboxylic acids is 1. The number of hydrogen-bond donors (Lipinski definition) is 1. The van der Waals surface area contributed by atoms with Gasteiger partial charge in [-0.2, -0.15) is 0 Å². The molecular weight excluding hydrogens is 172 g/mol. The second-order valence-corrected chi connectivity index (χ2v) is 2.68. The Morgan fingerprint density at radius 1 is 1.62 bits per heavy atom. The highest BCUT2D eigenvalue weighted by molar-refractivity contribution is 5.90. The molecule has 5 nitrogen and oxygen atoms in total. The van der Waals surface area contributed by atoms with E-state index in [-0.39, 0.29) is 11.4 Å². The van der Waals surface area contributed by atoms with Crippen LogP contribution in [0.5, 0.6) is 0 Å². The fraction of sp³-hybridized carbons (Fsp3) is 0.125. The summed E-state index contributed by atoms with van der Waals surface area (Å²) < 4.78 is 4.74. The summed E-state index contributed by atoms with van der Waals surface area (Å²) >= 11 is 0. The maximum Gasteiger partial charge on any atom is 0.354 e. The van der Waals surface area contributed by atoms with Crippen molar-refractivity contribution in [2.45, 2.75) is 6.92 Å². The quantitative estimate of drug-likeness (QED) is 0.710. The van der Waals surface area contributed by atoms with Gasteiger partial charge in [-0.25, -0.2) is 9.78 Å². The average molecular weight is 178 g/mol. The number of pyridine rings is 1. The van der Waals surface area contributed by atoms with E-state index in [0.29, 0.717) is 10.9 Å². The Balaban J connectivity index is 2.76. The molecule has 0 bridgehead atoms. The maximum absolute atomic E-state index is 10.7. The van der Waals surface area contributed by atoms with Crippen molar-refractivity contribution in [2.24, 2.45) is 0 Å². The summed E-state index contributed by atoms with van der Waals surface area (Å²) in [5, 5.41) is 13.0. The smallest absolute Gasteiger partial charge is 0.354 e. The largest absolute Gasteiger partial charge is 0.477 e. The zero-order valence-electron chi connectivity index (χ0n) is 6.81. The first-order valence-electron chi connectivity index (χ1n) is 3.64. The predicted molar refractivity (Wildman–Crippen MR) is 43.5 cm³/mol. The lowest BCUT2D eigenvalue weighted by molar-refractivity contribution is 0.0689. The molecule has 0 amide bonds. The van der Waals surface area contributed by atoms with Crippen LogP contribution in [-0.2, 0) is 0 Å². The molecule has 0 saturated carbocycles. The minimum atomic E-state index is -1.06. The maximum atomic E-state index is 10.7. The molecule has 2 heterocycles. The lowest BCUT2D eigenvalue weighted by Crippen LogP contribution is -2.02. The summed E-state index contributed by atoms with van der Waals surface area (Å²) in [6.45, 7) is 1.68. The lowest BCUT2D eigenvalue weighted by atomic mass is 10.2. The van der Waals surface area contributed by atoms with Gasteiger partial charge in [0, 0.05) is 0 Å². The molecular formula is C8H6N2O3. The van der Waals surface area contributed by atoms with Gasteiger partial charge < -0.3 is 9.63 Å². The highest BCUT2D eigenvalue weighted by Crippen LogP contribution is 2.15. The molecule has 2 aromatic heterocycles. The van der Waals surface area contributed by atoms with Crippen molar-refractivity contribution in [2.75, 3.05) is 0 Å². The number of aryl methyl sites for hydroxylation is 1. The van der Waals surface area contributed by atoms with Crippen LogP contribution >= 0.6 is 0 Å². The Morgan fingerprint density at radius 2 is 2.38 bits per heavy atom. The molecule has 0 aliphatic heterocycles. The summed E-state index contributed by atoms with van der Waals surface area (Å²) in [5.41, 5.74) is 0.857. The lowest BCUT2D eigenvalue weighted by Gasteiger charge is -1.96. The highest BCUT2D eigenvalue weighted by Gasteiger charge is 2.11. The fourth-order valence-corrected chi connectivity index (χ4v) is 1.13. The topological polar surface area (TPSA) is 76.2 Å². The summed E-state index contributed by atoms with van der Waals surface area (Å²) in [7, 11) is 0. The third kappa shape index (κ3) is 1.14. The minimum Gasteiger partial charge on any atom is -0.477 e. The van der Waals surface area contributed by atoms with E-state index in [1.807, 2.05) is 0 Å². The van der Waals surface area contributed by atoms with Crippen LogP contribution in [0.4, 0.5) is 0 Å². The van der Waals surface area contributed by atoms with Gasteiger partial charge in [0.15, 0.2) is 5.69 Å². The van der Waals surface area contributed by atoms with Crippen LogP contribution in [0.15, 0.2) is 16.8 Å². The molecule has 0 atom stereocenters. The Bertz CT molecular complexity index is 475. The SMILES string of the molecule is Cc1cc2cnoc2nc1C(=O)O. The number of rotatable bonds is 1. The Morgan fingerprint density at radius 3 is 3.08 bits per heavy atom. The van der Waals surface area contributed by atoms with E-state index < -0.39 is 5.97 Å². The molecule has 13 heavy (non-hydrogen) atoms. The third-order valence-electron chi connectivity index (χ3n) is 1.74. The summed E-state index contributed by atoms with van der Waals surface area (Å²) in [5.74, 6) is -1.06. The van der Waals surface area contributed by atoms with E-state index in [4.69, 9.17) is 9.63 Å². The molecule has 0 spiro atoms. The van der Waals surface area contributed by atoms with E-state index >= 15 is 0 Å². The number of carbonyl (C=O) groups is 1. The molecule has 0 saturated heterocycles. The second-order valence-electron chi connectivity index (χ2n) is 2.68. The van der Waals surface area contributed by atoms with Gasteiger partial charge in [-0.15, -0.1) is 0 Å². The number of aromatic nitrogens is 2. The number of carboxylic acid groups (broad SMARTS) is 1. The van der Waals surface area contributed by atoms with E-state index in [9.17, 15) is 4.79 Å². The van der Waals surface area contributed by atoms with Crippen LogP contribution in [0.1, 0.15) is 16.1 Å². The van der Waals surface area contributed by atoms with Crippen LogP contribution in [0.3, 0.4) is 0 Å². The summed E-state index contributed by atoms with van der Waals surface area (Å²) in [6.07, 6.45) is 1.50. The summed E-state index contributed by atoms with van der Waals surface area (Å²) in [6, 6.07) is 1.68. The fourth-order valence-electron chi connectivity index (χ4n) is 1.13. The van der Waals surface area contributed by atoms with Crippen LogP contribution in [-0.4, -0.2) is 21.2 Å². The Kier molecular flexibility index (Phi) is 1.51. The monoisotopic (exact) mass is 178 g/mol. The zero-order chi connectivity index (χ0) is 9.42. The number of hydrogen-bond acceptors (Lipinski definition) is 4. The molecule has 1 N–H and O–H groups in total.